The topological polar surface area (TPSA) is 23.8 Å². The first kappa shape index (κ1) is 23.1. The van der Waals surface area contributed by atoms with Crippen molar-refractivity contribution >= 4 is 0 Å². The molecule has 0 N–H and O–H groups in total. The van der Waals surface area contributed by atoms with Crippen LogP contribution in [0.1, 0.15) is 107 Å². The summed E-state index contributed by atoms with van der Waals surface area (Å²) in [5.74, 6) is 2.18. The maximum Gasteiger partial charge on any atom is 0.196 e. The highest BCUT2D eigenvalue weighted by atomic mass is 19.1. The minimum absolute atomic E-state index is 0.286. The van der Waals surface area contributed by atoms with E-state index in [0.717, 1.165) is 30.6 Å². The van der Waals surface area contributed by atoms with Gasteiger partial charge in [-0.25, -0.2) is 0 Å². The van der Waals surface area contributed by atoms with Crippen LogP contribution >= 0.6 is 0 Å². The van der Waals surface area contributed by atoms with Crippen LogP contribution in [-0.4, -0.2) is 0 Å². The molecule has 3 rings (SSSR count). The summed E-state index contributed by atoms with van der Waals surface area (Å²) in [5, 5.41) is 8.60. The van der Waals surface area contributed by atoms with E-state index in [-0.39, 0.29) is 5.92 Å². The lowest BCUT2D eigenvalue weighted by Gasteiger charge is -2.31. The molecule has 1 aromatic carbocycles. The maximum atomic E-state index is 13.1. The van der Waals surface area contributed by atoms with Crippen LogP contribution < -0.4 is 0 Å². The molecule has 2 fully saturated rings. The molecule has 0 aliphatic heterocycles. The Labute approximate surface area is 183 Å². The first-order valence-corrected chi connectivity index (χ1v) is 12.5. The molecule has 164 valence electrons. The van der Waals surface area contributed by atoms with Crippen LogP contribution in [0.15, 0.2) is 36.2 Å². The second-order valence-corrected chi connectivity index (χ2v) is 9.90. The van der Waals surface area contributed by atoms with Gasteiger partial charge in [0.05, 0.1) is 0 Å². The quantitative estimate of drug-likeness (QED) is 0.296. The van der Waals surface area contributed by atoms with Crippen LogP contribution in [0.25, 0.3) is 0 Å². The van der Waals surface area contributed by atoms with Crippen LogP contribution in [0.4, 0.5) is 4.39 Å². The van der Waals surface area contributed by atoms with Crippen molar-refractivity contribution in [3.63, 3.8) is 0 Å². The molecule has 30 heavy (non-hydrogen) atoms. The number of unbranched alkanes of at least 4 members (excludes halogenated alkanes) is 2. The molecule has 0 unspecified atom stereocenters. The molecule has 2 heteroatoms. The van der Waals surface area contributed by atoms with Crippen molar-refractivity contribution in [3.8, 4) is 6.07 Å². The predicted molar refractivity (Wildman–Crippen MR) is 124 cm³/mol. The third kappa shape index (κ3) is 7.26. The number of hydrogen-bond donors (Lipinski definition) is 0. The van der Waals surface area contributed by atoms with Gasteiger partial charge < -0.3 is 0 Å². The third-order valence-electron chi connectivity index (χ3n) is 7.73. The average Bonchev–Trinajstić information content (AvgIpc) is 2.79. The molecule has 1 nitrogen and oxygen atoms in total. The number of halogens is 1. The van der Waals surface area contributed by atoms with Crippen LogP contribution in [0.3, 0.4) is 0 Å². The van der Waals surface area contributed by atoms with Crippen molar-refractivity contribution in [1.29, 1.82) is 5.26 Å². The maximum absolute atomic E-state index is 13.1. The number of allylic oxidation sites excluding steroid dienone is 2. The van der Waals surface area contributed by atoms with E-state index in [1.807, 2.05) is 0 Å². The lowest BCUT2D eigenvalue weighted by Crippen LogP contribution is -2.17. The van der Waals surface area contributed by atoms with Gasteiger partial charge in [-0.2, -0.15) is 9.65 Å². The standard InChI is InChI=1S/C28H40FN/c1-2-3-4-5-22-12-16-26(17-13-22)27-18-14-24(15-19-27)7-6-23-8-10-25(11-9-23)20-28(29)21-30/h12-13,16-17,20,23-25,27H,2-11,14-15,18-19H2,1H3/t23-,24-,25-,27-. The summed E-state index contributed by atoms with van der Waals surface area (Å²) in [6.07, 6.45) is 19.4. The highest BCUT2D eigenvalue weighted by Crippen LogP contribution is 2.40. The van der Waals surface area contributed by atoms with E-state index in [1.165, 1.54) is 82.6 Å². The zero-order valence-corrected chi connectivity index (χ0v) is 18.9. The van der Waals surface area contributed by atoms with Crippen molar-refractivity contribution in [1.82, 2.24) is 0 Å². The first-order chi connectivity index (χ1) is 14.7. The molecule has 1 aromatic rings. The van der Waals surface area contributed by atoms with Crippen LogP contribution in [0, 0.1) is 29.1 Å². The van der Waals surface area contributed by atoms with E-state index >= 15 is 0 Å². The minimum Gasteiger partial charge on any atom is -0.195 e. The van der Waals surface area contributed by atoms with Gasteiger partial charge in [-0.3, -0.25) is 0 Å². The molecule has 0 aromatic heterocycles. The molecule has 2 aliphatic rings. The van der Waals surface area contributed by atoms with Crippen molar-refractivity contribution in [2.75, 3.05) is 0 Å². The van der Waals surface area contributed by atoms with E-state index in [0.29, 0.717) is 0 Å². The van der Waals surface area contributed by atoms with Crippen molar-refractivity contribution < 1.29 is 4.39 Å². The third-order valence-corrected chi connectivity index (χ3v) is 7.73. The minimum atomic E-state index is -0.596. The molecule has 2 aliphatic carbocycles. The summed E-state index contributed by atoms with van der Waals surface area (Å²) in [7, 11) is 0. The fourth-order valence-corrected chi connectivity index (χ4v) is 5.68. The highest BCUT2D eigenvalue weighted by Gasteiger charge is 2.25. The van der Waals surface area contributed by atoms with Crippen LogP contribution in [-0.2, 0) is 6.42 Å². The molecular weight excluding hydrogens is 369 g/mol. The normalized spacial score (nSPS) is 27.6. The van der Waals surface area contributed by atoms with E-state index < -0.39 is 5.83 Å². The summed E-state index contributed by atoms with van der Waals surface area (Å²) in [5.41, 5.74) is 3.06. The fraction of sp³-hybridized carbons (Fsp3) is 0.679. The second kappa shape index (κ2) is 12.3. The van der Waals surface area contributed by atoms with Gasteiger partial charge in [-0.15, -0.1) is 0 Å². The Morgan fingerprint density at radius 3 is 2.10 bits per heavy atom. The number of nitriles is 1. The molecule has 0 spiro atoms. The SMILES string of the molecule is CCCCCc1ccc([C@H]2CC[C@H](CC[C@H]3CC[C@H](C=C(F)C#N)CC3)CC2)cc1. The fourth-order valence-electron chi connectivity index (χ4n) is 5.68. The van der Waals surface area contributed by atoms with Crippen molar-refractivity contribution in [2.45, 2.75) is 103 Å². The molecule has 0 atom stereocenters. The molecule has 2 saturated carbocycles. The Kier molecular flexibility index (Phi) is 9.44. The van der Waals surface area contributed by atoms with Gasteiger partial charge in [0.15, 0.2) is 5.83 Å². The largest absolute Gasteiger partial charge is 0.196 e. The lowest BCUT2D eigenvalue weighted by molar-refractivity contribution is 0.245. The van der Waals surface area contributed by atoms with Gasteiger partial charge in [0, 0.05) is 0 Å². The second-order valence-electron chi connectivity index (χ2n) is 9.90. The Hall–Kier alpha value is -1.62. The highest BCUT2D eigenvalue weighted by molar-refractivity contribution is 5.26. The molecule has 0 bridgehead atoms. The number of nitrogens with zero attached hydrogens (tertiary/aromatic N) is 1. The molecule has 0 heterocycles. The zero-order valence-electron chi connectivity index (χ0n) is 18.9. The first-order valence-electron chi connectivity index (χ1n) is 12.5. The Bertz CT molecular complexity index is 682. The number of benzene rings is 1. The van der Waals surface area contributed by atoms with Crippen LogP contribution in [0.5, 0.6) is 0 Å². The van der Waals surface area contributed by atoms with E-state index in [1.54, 1.807) is 17.7 Å². The molecule has 0 radical (unpaired) electrons. The summed E-state index contributed by atoms with van der Waals surface area (Å²) in [6, 6.07) is 11.1. The zero-order chi connectivity index (χ0) is 21.2. The average molecular weight is 410 g/mol. The summed E-state index contributed by atoms with van der Waals surface area (Å²) >= 11 is 0. The lowest BCUT2D eigenvalue weighted by atomic mass is 9.74. The smallest absolute Gasteiger partial charge is 0.195 e. The van der Waals surface area contributed by atoms with Gasteiger partial charge in [0.1, 0.15) is 6.07 Å². The van der Waals surface area contributed by atoms with Gasteiger partial charge in [0.25, 0.3) is 0 Å². The Morgan fingerprint density at radius 2 is 1.53 bits per heavy atom. The van der Waals surface area contributed by atoms with Crippen molar-refractivity contribution in [3.05, 3.63) is 47.3 Å². The summed E-state index contributed by atoms with van der Waals surface area (Å²) in [4.78, 5) is 0. The molecule has 0 amide bonds. The van der Waals surface area contributed by atoms with Crippen LogP contribution in [0.2, 0.25) is 0 Å². The predicted octanol–water partition coefficient (Wildman–Crippen LogP) is 8.66. The van der Waals surface area contributed by atoms with E-state index in [4.69, 9.17) is 5.26 Å². The monoisotopic (exact) mass is 409 g/mol. The van der Waals surface area contributed by atoms with E-state index in [2.05, 4.69) is 31.2 Å². The Balaban J connectivity index is 1.34. The summed E-state index contributed by atoms with van der Waals surface area (Å²) in [6.45, 7) is 2.27. The number of rotatable bonds is 9. The number of hydrogen-bond acceptors (Lipinski definition) is 1. The Morgan fingerprint density at radius 1 is 0.933 bits per heavy atom. The number of aryl methyl sites for hydroxylation is 1. The van der Waals surface area contributed by atoms with Gasteiger partial charge >= 0.3 is 0 Å². The van der Waals surface area contributed by atoms with Crippen molar-refractivity contribution in [2.24, 2.45) is 17.8 Å². The molecular formula is C28H40FN. The molecule has 0 saturated heterocycles. The van der Waals surface area contributed by atoms with Gasteiger partial charge in [-0.1, -0.05) is 56.9 Å². The van der Waals surface area contributed by atoms with Gasteiger partial charge in [-0.05, 0) is 105 Å². The van der Waals surface area contributed by atoms with Gasteiger partial charge in [0.2, 0.25) is 0 Å². The summed E-state index contributed by atoms with van der Waals surface area (Å²) < 4.78 is 13.1. The van der Waals surface area contributed by atoms with E-state index in [9.17, 15) is 4.39 Å².